The maximum Gasteiger partial charge on any atom is 0.303 e. The molecule has 4 nitrogen and oxygen atoms in total. The molecule has 1 atom stereocenters. The lowest BCUT2D eigenvalue weighted by Crippen LogP contribution is -2.25. The third-order valence-electron chi connectivity index (χ3n) is 0.992. The van der Waals surface area contributed by atoms with Gasteiger partial charge in [-0.3, -0.25) is 10.1 Å². The summed E-state index contributed by atoms with van der Waals surface area (Å²) in [5.41, 5.74) is 0. The first-order valence-corrected chi connectivity index (χ1v) is 4.17. The molecular weight excluding hydrogens is 158 g/mol. The van der Waals surface area contributed by atoms with Crippen LogP contribution in [0.15, 0.2) is 0 Å². The zero-order valence-corrected chi connectivity index (χ0v) is 8.00. The highest BCUT2D eigenvalue weighted by atomic mass is 16.4. The Morgan fingerprint density at radius 2 is 1.92 bits per heavy atom. The third-order valence-corrected chi connectivity index (χ3v) is 0.992. The molecule has 1 unspecified atom stereocenters. The van der Waals surface area contributed by atoms with Gasteiger partial charge in [0, 0.05) is 6.42 Å². The van der Waals surface area contributed by atoms with Crippen LogP contribution < -0.4 is 5.32 Å². The second kappa shape index (κ2) is 10.4. The number of carbonyl (C=O) groups is 1. The van der Waals surface area contributed by atoms with Crippen LogP contribution in [-0.4, -0.2) is 29.0 Å². The highest BCUT2D eigenvalue weighted by Crippen LogP contribution is 1.72. The lowest BCUT2D eigenvalue weighted by atomic mass is 10.5. The average Bonchev–Trinajstić information content (AvgIpc) is 2.02. The Morgan fingerprint density at radius 1 is 1.50 bits per heavy atom. The zero-order valence-electron chi connectivity index (χ0n) is 8.00. The molecule has 0 saturated carbocycles. The van der Waals surface area contributed by atoms with Gasteiger partial charge in [-0.05, 0) is 19.9 Å². The van der Waals surface area contributed by atoms with Crippen molar-refractivity contribution >= 4 is 5.97 Å². The average molecular weight is 177 g/mol. The lowest BCUT2D eigenvalue weighted by Gasteiger charge is -2.02. The predicted octanol–water partition coefficient (Wildman–Crippen LogP) is 0.805. The van der Waals surface area contributed by atoms with Crippen LogP contribution in [0.1, 0.15) is 33.6 Å². The monoisotopic (exact) mass is 177 g/mol. The maximum absolute atomic E-state index is 9.37. The van der Waals surface area contributed by atoms with Gasteiger partial charge in [0.25, 0.3) is 0 Å². The number of rotatable bonds is 4. The van der Waals surface area contributed by atoms with Crippen molar-refractivity contribution in [3.05, 3.63) is 0 Å². The van der Waals surface area contributed by atoms with Crippen molar-refractivity contribution in [1.82, 2.24) is 5.32 Å². The van der Waals surface area contributed by atoms with Gasteiger partial charge >= 0.3 is 5.97 Å². The van der Waals surface area contributed by atoms with Crippen molar-refractivity contribution in [3.63, 3.8) is 0 Å². The molecule has 4 heteroatoms. The van der Waals surface area contributed by atoms with Crippen LogP contribution in [0.3, 0.4) is 0 Å². The second-order valence-corrected chi connectivity index (χ2v) is 2.38. The number of hydrogen-bond acceptors (Lipinski definition) is 3. The summed E-state index contributed by atoms with van der Waals surface area (Å²) in [5, 5.41) is 19.1. The molecule has 0 aromatic carbocycles. The lowest BCUT2D eigenvalue weighted by molar-refractivity contribution is -0.136. The van der Waals surface area contributed by atoms with Gasteiger partial charge in [-0.25, -0.2) is 0 Å². The highest BCUT2D eigenvalue weighted by molar-refractivity contribution is 5.66. The van der Waals surface area contributed by atoms with E-state index in [-0.39, 0.29) is 12.6 Å². The number of carboxylic acids is 1. The standard InChI is InChI=1S/C5H13NO.C3H6O2/c1-3-4-6-5(2)7;1-2-3(4)5/h5-7H,3-4H2,1-2H3;2H2,1H3,(H,4,5). The van der Waals surface area contributed by atoms with Gasteiger partial charge in [0.05, 0.1) is 0 Å². The Balaban J connectivity index is 0. The molecule has 0 rings (SSSR count). The molecule has 0 aromatic rings. The fourth-order valence-corrected chi connectivity index (χ4v) is 0.353. The van der Waals surface area contributed by atoms with E-state index in [4.69, 9.17) is 10.2 Å². The number of aliphatic hydroxyl groups is 1. The van der Waals surface area contributed by atoms with Crippen LogP contribution in [0.4, 0.5) is 0 Å². The van der Waals surface area contributed by atoms with E-state index in [0.29, 0.717) is 0 Å². The van der Waals surface area contributed by atoms with Crippen LogP contribution in [-0.2, 0) is 4.79 Å². The van der Waals surface area contributed by atoms with Gasteiger partial charge in [0.2, 0.25) is 0 Å². The molecule has 0 saturated heterocycles. The Hall–Kier alpha value is -0.610. The fraction of sp³-hybridized carbons (Fsp3) is 0.875. The van der Waals surface area contributed by atoms with Crippen molar-refractivity contribution in [2.24, 2.45) is 0 Å². The summed E-state index contributed by atoms with van der Waals surface area (Å²) in [6.45, 7) is 6.28. The first-order valence-electron chi connectivity index (χ1n) is 4.17. The van der Waals surface area contributed by atoms with Crippen LogP contribution >= 0.6 is 0 Å². The summed E-state index contributed by atoms with van der Waals surface area (Å²) >= 11 is 0. The van der Waals surface area contributed by atoms with Gasteiger partial charge in [0.15, 0.2) is 0 Å². The molecule has 0 amide bonds. The van der Waals surface area contributed by atoms with E-state index in [0.717, 1.165) is 13.0 Å². The molecule has 0 fully saturated rings. The van der Waals surface area contributed by atoms with Gasteiger partial charge in [-0.15, -0.1) is 0 Å². The van der Waals surface area contributed by atoms with Crippen molar-refractivity contribution in [2.75, 3.05) is 6.54 Å². The first kappa shape index (κ1) is 13.9. The van der Waals surface area contributed by atoms with E-state index in [1.54, 1.807) is 13.8 Å². The molecule has 0 heterocycles. The van der Waals surface area contributed by atoms with Crippen molar-refractivity contribution in [1.29, 1.82) is 0 Å². The Morgan fingerprint density at radius 3 is 2.00 bits per heavy atom. The van der Waals surface area contributed by atoms with E-state index in [1.165, 1.54) is 0 Å². The van der Waals surface area contributed by atoms with Crippen molar-refractivity contribution in [2.45, 2.75) is 39.8 Å². The summed E-state index contributed by atoms with van der Waals surface area (Å²) in [5.74, 6) is -0.745. The van der Waals surface area contributed by atoms with Crippen molar-refractivity contribution < 1.29 is 15.0 Å². The molecule has 12 heavy (non-hydrogen) atoms. The topological polar surface area (TPSA) is 69.6 Å². The molecule has 0 bridgehead atoms. The summed E-state index contributed by atoms with van der Waals surface area (Å²) < 4.78 is 0. The Bertz CT molecular complexity index is 104. The summed E-state index contributed by atoms with van der Waals surface area (Å²) in [4.78, 5) is 9.37. The van der Waals surface area contributed by atoms with Crippen molar-refractivity contribution in [3.8, 4) is 0 Å². The van der Waals surface area contributed by atoms with Gasteiger partial charge in [0.1, 0.15) is 6.23 Å². The Labute approximate surface area is 73.6 Å². The Kier molecular flexibility index (Phi) is 12.1. The van der Waals surface area contributed by atoms with Gasteiger partial charge < -0.3 is 10.2 Å². The molecule has 0 aliphatic carbocycles. The summed E-state index contributed by atoms with van der Waals surface area (Å²) in [6, 6.07) is 0. The molecule has 0 aromatic heterocycles. The number of hydrogen-bond donors (Lipinski definition) is 3. The van der Waals surface area contributed by atoms with Crippen LogP contribution in [0, 0.1) is 0 Å². The number of aliphatic carboxylic acids is 1. The maximum atomic E-state index is 9.37. The van der Waals surface area contributed by atoms with E-state index in [2.05, 4.69) is 12.2 Å². The molecule has 0 aliphatic rings. The molecule has 0 aliphatic heterocycles. The van der Waals surface area contributed by atoms with E-state index < -0.39 is 5.97 Å². The number of aliphatic hydroxyl groups excluding tert-OH is 1. The minimum Gasteiger partial charge on any atom is -0.481 e. The summed E-state index contributed by atoms with van der Waals surface area (Å²) in [6.07, 6.45) is 0.949. The second-order valence-electron chi connectivity index (χ2n) is 2.38. The van der Waals surface area contributed by atoms with Gasteiger partial charge in [-0.1, -0.05) is 13.8 Å². The van der Waals surface area contributed by atoms with E-state index >= 15 is 0 Å². The predicted molar refractivity (Wildman–Crippen MR) is 47.9 cm³/mol. The largest absolute Gasteiger partial charge is 0.481 e. The van der Waals surface area contributed by atoms with Crippen LogP contribution in [0.25, 0.3) is 0 Å². The van der Waals surface area contributed by atoms with E-state index in [9.17, 15) is 4.79 Å². The normalized spacial score (nSPS) is 11.3. The molecule has 0 spiro atoms. The quantitative estimate of drug-likeness (QED) is 0.556. The summed E-state index contributed by atoms with van der Waals surface area (Å²) in [7, 11) is 0. The minimum atomic E-state index is -0.745. The fourth-order valence-electron chi connectivity index (χ4n) is 0.353. The highest BCUT2D eigenvalue weighted by Gasteiger charge is 1.86. The molecule has 74 valence electrons. The van der Waals surface area contributed by atoms with Crippen LogP contribution in [0.2, 0.25) is 0 Å². The number of carboxylic acid groups (broad SMARTS) is 1. The smallest absolute Gasteiger partial charge is 0.303 e. The van der Waals surface area contributed by atoms with Crippen LogP contribution in [0.5, 0.6) is 0 Å². The minimum absolute atomic E-state index is 0.222. The molecule has 0 radical (unpaired) electrons. The molecular formula is C8H19NO3. The molecule has 3 N–H and O–H groups in total. The third kappa shape index (κ3) is 22.8. The SMILES string of the molecule is CCC(=O)O.CCCNC(C)O. The zero-order chi connectivity index (χ0) is 9.98. The first-order chi connectivity index (χ1) is 5.54. The van der Waals surface area contributed by atoms with Gasteiger partial charge in [-0.2, -0.15) is 0 Å². The van der Waals surface area contributed by atoms with E-state index in [1.807, 2.05) is 0 Å². The number of nitrogens with one attached hydrogen (secondary N) is 1.